The van der Waals surface area contributed by atoms with E-state index in [9.17, 15) is 4.79 Å². The number of fused-ring (bicyclic) bond motifs is 1. The van der Waals surface area contributed by atoms with Gasteiger partial charge in [0.2, 0.25) is 6.79 Å². The van der Waals surface area contributed by atoms with Gasteiger partial charge in [-0.2, -0.15) is 5.26 Å². The molecule has 1 fully saturated rings. The summed E-state index contributed by atoms with van der Waals surface area (Å²) in [4.78, 5) is 12.1. The van der Waals surface area contributed by atoms with Gasteiger partial charge in [0.25, 0.3) is 0 Å². The zero-order chi connectivity index (χ0) is 14.2. The SMILES string of the molecule is CC1(C#N)CC/C(=C/c2ccc3c(c2)OCO3)C(=O)C1. The molecule has 1 aliphatic carbocycles. The van der Waals surface area contributed by atoms with Crippen LogP contribution in [0, 0.1) is 16.7 Å². The summed E-state index contributed by atoms with van der Waals surface area (Å²) < 4.78 is 10.6. The van der Waals surface area contributed by atoms with E-state index in [2.05, 4.69) is 6.07 Å². The maximum absolute atomic E-state index is 12.1. The summed E-state index contributed by atoms with van der Waals surface area (Å²) in [6.07, 6.45) is 3.57. The summed E-state index contributed by atoms with van der Waals surface area (Å²) in [6, 6.07) is 7.88. The van der Waals surface area contributed by atoms with Gasteiger partial charge in [0.1, 0.15) is 0 Å². The summed E-state index contributed by atoms with van der Waals surface area (Å²) in [6.45, 7) is 2.09. The molecule has 0 bridgehead atoms. The van der Waals surface area contributed by atoms with Crippen molar-refractivity contribution in [3.05, 3.63) is 29.3 Å². The van der Waals surface area contributed by atoms with Crippen LogP contribution in [0.1, 0.15) is 31.7 Å². The first-order valence-corrected chi connectivity index (χ1v) is 6.64. The van der Waals surface area contributed by atoms with Crippen LogP contribution in [0.25, 0.3) is 6.08 Å². The van der Waals surface area contributed by atoms with Crippen LogP contribution in [0.15, 0.2) is 23.8 Å². The van der Waals surface area contributed by atoms with E-state index in [4.69, 9.17) is 14.7 Å². The summed E-state index contributed by atoms with van der Waals surface area (Å²) in [5.41, 5.74) is 1.21. The van der Waals surface area contributed by atoms with Crippen molar-refractivity contribution in [3.8, 4) is 17.6 Å². The smallest absolute Gasteiger partial charge is 0.231 e. The third kappa shape index (κ3) is 2.27. The van der Waals surface area contributed by atoms with E-state index in [0.29, 0.717) is 18.6 Å². The molecule has 1 heterocycles. The lowest BCUT2D eigenvalue weighted by Gasteiger charge is -2.26. The number of carbonyl (C=O) groups is 1. The molecule has 20 heavy (non-hydrogen) atoms. The molecule has 0 radical (unpaired) electrons. The van der Waals surface area contributed by atoms with Gasteiger partial charge in [-0.05, 0) is 49.1 Å². The number of carbonyl (C=O) groups excluding carboxylic acids is 1. The maximum Gasteiger partial charge on any atom is 0.231 e. The molecule has 0 saturated heterocycles. The van der Waals surface area contributed by atoms with E-state index in [0.717, 1.165) is 23.3 Å². The highest BCUT2D eigenvalue weighted by Crippen LogP contribution is 2.37. The standard InChI is InChI=1S/C16H15NO3/c1-16(9-17)5-4-12(13(18)8-16)6-11-2-3-14-15(7-11)20-10-19-14/h2-3,6-7H,4-5,8,10H2,1H3/b12-6-. The normalized spacial score (nSPS) is 26.6. The highest BCUT2D eigenvalue weighted by Gasteiger charge is 2.33. The first kappa shape index (κ1) is 12.7. The Morgan fingerprint density at radius 3 is 2.90 bits per heavy atom. The number of nitrogens with zero attached hydrogens (tertiary/aromatic N) is 1. The molecule has 0 aromatic heterocycles. The minimum atomic E-state index is -0.511. The summed E-state index contributed by atoms with van der Waals surface area (Å²) in [5.74, 6) is 1.52. The van der Waals surface area contributed by atoms with Crippen LogP contribution in [0.3, 0.4) is 0 Å². The number of hydrogen-bond acceptors (Lipinski definition) is 4. The van der Waals surface area contributed by atoms with Crippen molar-refractivity contribution in [2.45, 2.75) is 26.2 Å². The Bertz CT molecular complexity index is 642. The van der Waals surface area contributed by atoms with Crippen LogP contribution >= 0.6 is 0 Å². The van der Waals surface area contributed by atoms with Gasteiger partial charge in [0.15, 0.2) is 17.3 Å². The third-order valence-corrected chi connectivity index (χ3v) is 3.86. The van der Waals surface area contributed by atoms with Crippen molar-refractivity contribution in [2.75, 3.05) is 6.79 Å². The van der Waals surface area contributed by atoms with Crippen LogP contribution in [-0.4, -0.2) is 12.6 Å². The van der Waals surface area contributed by atoms with Gasteiger partial charge in [-0.3, -0.25) is 4.79 Å². The molecular weight excluding hydrogens is 254 g/mol. The van der Waals surface area contributed by atoms with Crippen LogP contribution in [0.4, 0.5) is 0 Å². The van der Waals surface area contributed by atoms with Crippen LogP contribution in [0.5, 0.6) is 11.5 Å². The van der Waals surface area contributed by atoms with Gasteiger partial charge in [-0.25, -0.2) is 0 Å². The van der Waals surface area contributed by atoms with E-state index in [1.165, 1.54) is 0 Å². The quantitative estimate of drug-likeness (QED) is 0.735. The Balaban J connectivity index is 1.83. The third-order valence-electron chi connectivity index (χ3n) is 3.86. The number of hydrogen-bond donors (Lipinski definition) is 0. The predicted octanol–water partition coefficient (Wildman–Crippen LogP) is 3.08. The van der Waals surface area contributed by atoms with E-state index in [1.54, 1.807) is 0 Å². The number of benzene rings is 1. The van der Waals surface area contributed by atoms with Crippen molar-refractivity contribution < 1.29 is 14.3 Å². The molecule has 4 nitrogen and oxygen atoms in total. The molecule has 0 amide bonds. The molecule has 102 valence electrons. The summed E-state index contributed by atoms with van der Waals surface area (Å²) in [5, 5.41) is 9.10. The largest absolute Gasteiger partial charge is 0.454 e. The summed E-state index contributed by atoms with van der Waals surface area (Å²) in [7, 11) is 0. The lowest BCUT2D eigenvalue weighted by atomic mass is 9.74. The van der Waals surface area contributed by atoms with Gasteiger partial charge in [-0.1, -0.05) is 6.07 Å². The molecule has 4 heteroatoms. The molecule has 1 unspecified atom stereocenters. The topological polar surface area (TPSA) is 59.3 Å². The number of rotatable bonds is 1. The minimum Gasteiger partial charge on any atom is -0.454 e. The van der Waals surface area contributed by atoms with Gasteiger partial charge in [-0.15, -0.1) is 0 Å². The number of ether oxygens (including phenoxy) is 2. The lowest BCUT2D eigenvalue weighted by molar-refractivity contribution is -0.118. The van der Waals surface area contributed by atoms with Crippen LogP contribution in [-0.2, 0) is 4.79 Å². The van der Waals surface area contributed by atoms with Crippen LogP contribution < -0.4 is 9.47 Å². The van der Waals surface area contributed by atoms with Gasteiger partial charge in [0.05, 0.1) is 11.5 Å². The molecule has 1 aromatic rings. The average molecular weight is 269 g/mol. The van der Waals surface area contributed by atoms with Crippen molar-refractivity contribution in [1.29, 1.82) is 5.26 Å². The molecule has 2 aliphatic rings. The second kappa shape index (κ2) is 4.68. The van der Waals surface area contributed by atoms with E-state index < -0.39 is 5.41 Å². The first-order chi connectivity index (χ1) is 9.59. The molecule has 1 aliphatic heterocycles. The fourth-order valence-corrected chi connectivity index (χ4v) is 2.56. The van der Waals surface area contributed by atoms with E-state index in [1.807, 2.05) is 31.2 Å². The van der Waals surface area contributed by atoms with E-state index >= 15 is 0 Å². The Labute approximate surface area is 117 Å². The summed E-state index contributed by atoms with van der Waals surface area (Å²) >= 11 is 0. The molecular formula is C16H15NO3. The Hall–Kier alpha value is -2.28. The first-order valence-electron chi connectivity index (χ1n) is 6.64. The number of ketones is 1. The fraction of sp³-hybridized carbons (Fsp3) is 0.375. The minimum absolute atomic E-state index is 0.0676. The second-order valence-corrected chi connectivity index (χ2v) is 5.55. The van der Waals surface area contributed by atoms with Gasteiger partial charge in [0, 0.05) is 6.42 Å². The average Bonchev–Trinajstić information content (AvgIpc) is 2.90. The Kier molecular flexibility index (Phi) is 2.98. The zero-order valence-electron chi connectivity index (χ0n) is 11.3. The maximum atomic E-state index is 12.1. The monoisotopic (exact) mass is 269 g/mol. The Morgan fingerprint density at radius 1 is 1.35 bits per heavy atom. The number of allylic oxidation sites excluding steroid dienone is 1. The van der Waals surface area contributed by atoms with Crippen molar-refractivity contribution in [2.24, 2.45) is 5.41 Å². The van der Waals surface area contributed by atoms with Crippen LogP contribution in [0.2, 0.25) is 0 Å². The molecule has 3 rings (SSSR count). The molecule has 0 N–H and O–H groups in total. The second-order valence-electron chi connectivity index (χ2n) is 5.55. The Morgan fingerprint density at radius 2 is 2.15 bits per heavy atom. The number of Topliss-reactive ketones (excluding diaryl/α,β-unsaturated/α-hetero) is 1. The lowest BCUT2D eigenvalue weighted by Crippen LogP contribution is -2.25. The highest BCUT2D eigenvalue weighted by molar-refractivity contribution is 6.00. The van der Waals surface area contributed by atoms with Crippen molar-refractivity contribution in [1.82, 2.24) is 0 Å². The van der Waals surface area contributed by atoms with Crippen molar-refractivity contribution in [3.63, 3.8) is 0 Å². The zero-order valence-corrected chi connectivity index (χ0v) is 11.3. The predicted molar refractivity (Wildman–Crippen MR) is 73.1 cm³/mol. The van der Waals surface area contributed by atoms with E-state index in [-0.39, 0.29) is 12.6 Å². The fourth-order valence-electron chi connectivity index (χ4n) is 2.56. The number of nitriles is 1. The molecule has 1 atom stereocenters. The van der Waals surface area contributed by atoms with Gasteiger partial charge >= 0.3 is 0 Å². The molecule has 1 saturated carbocycles. The van der Waals surface area contributed by atoms with Crippen molar-refractivity contribution >= 4 is 11.9 Å². The highest BCUT2D eigenvalue weighted by atomic mass is 16.7. The molecule has 0 spiro atoms. The molecule has 1 aromatic carbocycles. The van der Waals surface area contributed by atoms with Gasteiger partial charge < -0.3 is 9.47 Å².